The third-order valence-corrected chi connectivity index (χ3v) is 3.16. The number of rotatable bonds is 3. The molecular formula is C13H23N3O. The number of hydrogen-bond donors (Lipinski definition) is 2. The molecule has 4 nitrogen and oxygen atoms in total. The van der Waals surface area contributed by atoms with Gasteiger partial charge in [0.15, 0.2) is 5.82 Å². The molecule has 0 saturated carbocycles. The lowest BCUT2D eigenvalue weighted by molar-refractivity contribution is -0.107. The summed E-state index contributed by atoms with van der Waals surface area (Å²) in [4.78, 5) is 0. The highest BCUT2D eigenvalue weighted by Gasteiger charge is 2.46. The second-order valence-electron chi connectivity index (χ2n) is 6.22. The van der Waals surface area contributed by atoms with E-state index in [-0.39, 0.29) is 11.2 Å². The van der Waals surface area contributed by atoms with Crippen LogP contribution in [0.4, 0.5) is 5.82 Å². The molecule has 0 aromatic carbocycles. The molecule has 96 valence electrons. The van der Waals surface area contributed by atoms with E-state index in [1.165, 1.54) is 5.56 Å². The van der Waals surface area contributed by atoms with Crippen molar-refractivity contribution in [1.82, 2.24) is 10.2 Å². The van der Waals surface area contributed by atoms with Crippen LogP contribution in [0, 0.1) is 5.92 Å². The second-order valence-corrected chi connectivity index (χ2v) is 6.22. The van der Waals surface area contributed by atoms with Gasteiger partial charge in [-0.2, -0.15) is 5.10 Å². The second kappa shape index (κ2) is 3.73. The van der Waals surface area contributed by atoms with Crippen LogP contribution in [0.3, 0.4) is 0 Å². The van der Waals surface area contributed by atoms with Crippen molar-refractivity contribution in [3.63, 3.8) is 0 Å². The Morgan fingerprint density at radius 2 is 1.88 bits per heavy atom. The smallest absolute Gasteiger partial charge is 0.154 e. The number of nitrogens with one attached hydrogen (secondary N) is 2. The molecule has 4 heteroatoms. The quantitative estimate of drug-likeness (QED) is 0.849. The lowest BCUT2D eigenvalue weighted by Crippen LogP contribution is -2.24. The summed E-state index contributed by atoms with van der Waals surface area (Å²) in [5, 5.41) is 10.9. The van der Waals surface area contributed by atoms with Crippen molar-refractivity contribution in [1.29, 1.82) is 0 Å². The summed E-state index contributed by atoms with van der Waals surface area (Å²) >= 11 is 0. The maximum absolute atomic E-state index is 6.08. The molecule has 1 aromatic rings. The van der Waals surface area contributed by atoms with Gasteiger partial charge in [-0.25, -0.2) is 0 Å². The van der Waals surface area contributed by atoms with Crippen molar-refractivity contribution in [3.8, 4) is 0 Å². The van der Waals surface area contributed by atoms with Gasteiger partial charge < -0.3 is 10.1 Å². The largest absolute Gasteiger partial charge is 0.368 e. The van der Waals surface area contributed by atoms with Gasteiger partial charge in [0.25, 0.3) is 0 Å². The van der Waals surface area contributed by atoms with E-state index in [9.17, 15) is 0 Å². The molecule has 0 spiro atoms. The molecule has 1 aliphatic heterocycles. The van der Waals surface area contributed by atoms with Gasteiger partial charge in [-0.15, -0.1) is 0 Å². The zero-order valence-corrected chi connectivity index (χ0v) is 11.6. The van der Waals surface area contributed by atoms with Gasteiger partial charge in [0.05, 0.1) is 16.9 Å². The molecule has 0 aliphatic carbocycles. The van der Waals surface area contributed by atoms with Gasteiger partial charge in [-0.05, 0) is 33.6 Å². The average molecular weight is 237 g/mol. The highest BCUT2D eigenvalue weighted by atomic mass is 16.5. The molecule has 1 aromatic heterocycles. The molecule has 0 bridgehead atoms. The van der Waals surface area contributed by atoms with Crippen molar-refractivity contribution >= 4 is 5.82 Å². The summed E-state index contributed by atoms with van der Waals surface area (Å²) in [7, 11) is 0. The Morgan fingerprint density at radius 1 is 1.24 bits per heavy atom. The summed E-state index contributed by atoms with van der Waals surface area (Å²) < 4.78 is 6.08. The zero-order valence-electron chi connectivity index (χ0n) is 11.6. The van der Waals surface area contributed by atoms with Gasteiger partial charge >= 0.3 is 0 Å². The minimum atomic E-state index is -0.288. The number of aromatic amines is 1. The Kier molecular flexibility index (Phi) is 2.73. The van der Waals surface area contributed by atoms with Crippen molar-refractivity contribution in [2.75, 3.05) is 11.9 Å². The predicted octanol–water partition coefficient (Wildman–Crippen LogP) is 2.98. The fourth-order valence-electron chi connectivity index (χ4n) is 2.53. The third-order valence-electron chi connectivity index (χ3n) is 3.16. The molecule has 2 heterocycles. The van der Waals surface area contributed by atoms with E-state index < -0.39 is 0 Å². The number of anilines is 1. The van der Waals surface area contributed by atoms with E-state index in [1.807, 2.05) is 0 Å². The van der Waals surface area contributed by atoms with Crippen LogP contribution in [0.2, 0.25) is 0 Å². The van der Waals surface area contributed by atoms with Gasteiger partial charge in [-0.3, -0.25) is 5.10 Å². The Balaban J connectivity index is 2.34. The summed E-state index contributed by atoms with van der Waals surface area (Å²) in [6, 6.07) is 0. The summed E-state index contributed by atoms with van der Waals surface area (Å²) in [5.41, 5.74) is 1.69. The minimum absolute atomic E-state index is 0.287. The topological polar surface area (TPSA) is 49.9 Å². The average Bonchev–Trinajstić information content (AvgIpc) is 2.63. The van der Waals surface area contributed by atoms with Crippen LogP contribution < -0.4 is 5.32 Å². The van der Waals surface area contributed by atoms with E-state index in [2.05, 4.69) is 57.1 Å². The summed E-state index contributed by atoms with van der Waals surface area (Å²) in [6.45, 7) is 13.6. The van der Waals surface area contributed by atoms with Crippen molar-refractivity contribution in [3.05, 3.63) is 11.3 Å². The molecule has 0 amide bonds. The van der Waals surface area contributed by atoms with Gasteiger partial charge in [0.1, 0.15) is 5.60 Å². The van der Waals surface area contributed by atoms with Gasteiger partial charge in [-0.1, -0.05) is 13.8 Å². The number of aromatic nitrogens is 2. The Labute approximate surface area is 103 Å². The first kappa shape index (κ1) is 12.4. The lowest BCUT2D eigenvalue weighted by atomic mass is 9.97. The van der Waals surface area contributed by atoms with Gasteiger partial charge in [0.2, 0.25) is 0 Å². The maximum atomic E-state index is 6.08. The zero-order chi connectivity index (χ0) is 12.8. The first-order chi connectivity index (χ1) is 7.74. The molecule has 0 unspecified atom stereocenters. The number of fused-ring (bicyclic) bond motifs is 1. The third kappa shape index (κ3) is 2.06. The maximum Gasteiger partial charge on any atom is 0.154 e. The van der Waals surface area contributed by atoms with E-state index in [1.54, 1.807) is 0 Å². The Bertz CT molecular complexity index is 418. The fraction of sp³-hybridized carbons (Fsp3) is 0.769. The Morgan fingerprint density at radius 3 is 2.47 bits per heavy atom. The van der Waals surface area contributed by atoms with E-state index >= 15 is 0 Å². The van der Waals surface area contributed by atoms with Crippen molar-refractivity contribution in [2.24, 2.45) is 5.92 Å². The molecule has 0 fully saturated rings. The SMILES string of the molecule is CC(C)CNc1n[nH]c2c1C(C)(C)OC2(C)C. The van der Waals surface area contributed by atoms with Crippen LogP contribution in [0.25, 0.3) is 0 Å². The highest BCUT2D eigenvalue weighted by molar-refractivity contribution is 5.53. The van der Waals surface area contributed by atoms with Crippen molar-refractivity contribution in [2.45, 2.75) is 52.7 Å². The molecular weight excluding hydrogens is 214 g/mol. The highest BCUT2D eigenvalue weighted by Crippen LogP contribution is 2.48. The van der Waals surface area contributed by atoms with Crippen LogP contribution in [0.5, 0.6) is 0 Å². The van der Waals surface area contributed by atoms with E-state index in [0.29, 0.717) is 5.92 Å². The van der Waals surface area contributed by atoms with Gasteiger partial charge in [0, 0.05) is 6.54 Å². The van der Waals surface area contributed by atoms with Crippen LogP contribution >= 0.6 is 0 Å². The molecule has 0 atom stereocenters. The van der Waals surface area contributed by atoms with Crippen LogP contribution in [0.15, 0.2) is 0 Å². The standard InChI is InChI=1S/C13H23N3O/c1-8(2)7-14-11-9-10(15-16-11)13(5,6)17-12(9,3)4/h8H,7H2,1-6H3,(H2,14,15,16). The van der Waals surface area contributed by atoms with E-state index in [4.69, 9.17) is 4.74 Å². The fourth-order valence-corrected chi connectivity index (χ4v) is 2.53. The molecule has 0 radical (unpaired) electrons. The molecule has 2 N–H and O–H groups in total. The molecule has 2 rings (SSSR count). The normalized spacial score (nSPS) is 20.6. The number of hydrogen-bond acceptors (Lipinski definition) is 3. The number of ether oxygens (including phenoxy) is 1. The van der Waals surface area contributed by atoms with Crippen LogP contribution in [0.1, 0.15) is 52.8 Å². The minimum Gasteiger partial charge on any atom is -0.368 e. The first-order valence-electron chi connectivity index (χ1n) is 6.27. The number of H-pyrrole nitrogens is 1. The van der Waals surface area contributed by atoms with E-state index in [0.717, 1.165) is 18.1 Å². The summed E-state index contributed by atoms with van der Waals surface area (Å²) in [6.07, 6.45) is 0. The lowest BCUT2D eigenvalue weighted by Gasteiger charge is -2.25. The Hall–Kier alpha value is -1.03. The number of nitrogens with zero attached hydrogens (tertiary/aromatic N) is 1. The van der Waals surface area contributed by atoms with Crippen LogP contribution in [-0.4, -0.2) is 16.7 Å². The van der Waals surface area contributed by atoms with Crippen molar-refractivity contribution < 1.29 is 4.74 Å². The molecule has 17 heavy (non-hydrogen) atoms. The summed E-state index contributed by atoms with van der Waals surface area (Å²) in [5.74, 6) is 1.53. The first-order valence-corrected chi connectivity index (χ1v) is 6.27. The van der Waals surface area contributed by atoms with Crippen LogP contribution in [-0.2, 0) is 15.9 Å². The predicted molar refractivity (Wildman–Crippen MR) is 69.1 cm³/mol. The monoisotopic (exact) mass is 237 g/mol. The molecule has 0 saturated heterocycles. The molecule has 1 aliphatic rings.